The fourth-order valence-electron chi connectivity index (χ4n) is 2.55. The topological polar surface area (TPSA) is 47.1 Å². The summed E-state index contributed by atoms with van der Waals surface area (Å²) in [6.07, 6.45) is 5.73. The number of aromatic nitrogens is 2. The van der Waals surface area contributed by atoms with Crippen molar-refractivity contribution in [3.8, 4) is 0 Å². The fourth-order valence-corrected chi connectivity index (χ4v) is 2.55. The molecule has 0 amide bonds. The Balaban J connectivity index is 2.59. The van der Waals surface area contributed by atoms with Gasteiger partial charge in [0.25, 0.3) is 0 Å². The molecule has 1 unspecified atom stereocenters. The molecule has 1 aromatic rings. The van der Waals surface area contributed by atoms with Crippen LogP contribution in [0, 0.1) is 0 Å². The number of likely N-dealkylation sites (N-methyl/N-ethyl adjacent to an activating group) is 1. The van der Waals surface area contributed by atoms with Crippen molar-refractivity contribution < 1.29 is 0 Å². The molecule has 1 heterocycles. The van der Waals surface area contributed by atoms with Crippen LogP contribution in [-0.2, 0) is 13.5 Å². The lowest BCUT2D eigenvalue weighted by Gasteiger charge is -2.41. The van der Waals surface area contributed by atoms with Crippen LogP contribution in [0.2, 0.25) is 0 Å². The van der Waals surface area contributed by atoms with Crippen LogP contribution in [0.25, 0.3) is 0 Å². The summed E-state index contributed by atoms with van der Waals surface area (Å²) in [5.41, 5.74) is 6.43. The van der Waals surface area contributed by atoms with Crippen molar-refractivity contribution in [2.45, 2.75) is 52.1 Å². The molecule has 1 aromatic heterocycles. The molecule has 1 rings (SSSR count). The smallest absolute Gasteiger partial charge is 0.108 e. The average molecular weight is 252 g/mol. The van der Waals surface area contributed by atoms with E-state index in [-0.39, 0.29) is 11.6 Å². The zero-order chi connectivity index (χ0) is 13.8. The van der Waals surface area contributed by atoms with Crippen molar-refractivity contribution in [2.75, 3.05) is 13.1 Å². The van der Waals surface area contributed by atoms with Crippen LogP contribution >= 0.6 is 0 Å². The van der Waals surface area contributed by atoms with Gasteiger partial charge in [-0.2, -0.15) is 0 Å². The second kappa shape index (κ2) is 6.34. The SMILES string of the molecule is CCN(CC)C(C)(C)C(N)CCc1nccn1C. The number of nitrogens with two attached hydrogens (primary N) is 1. The van der Waals surface area contributed by atoms with E-state index in [1.807, 2.05) is 19.4 Å². The van der Waals surface area contributed by atoms with Gasteiger partial charge in [0.2, 0.25) is 0 Å². The van der Waals surface area contributed by atoms with Crippen LogP contribution < -0.4 is 5.73 Å². The summed E-state index contributed by atoms with van der Waals surface area (Å²) in [5.74, 6) is 1.11. The molecule has 0 aromatic carbocycles. The van der Waals surface area contributed by atoms with Crippen LogP contribution in [0.4, 0.5) is 0 Å². The van der Waals surface area contributed by atoms with Crippen molar-refractivity contribution in [1.82, 2.24) is 14.5 Å². The van der Waals surface area contributed by atoms with Crippen molar-refractivity contribution in [3.05, 3.63) is 18.2 Å². The van der Waals surface area contributed by atoms with E-state index >= 15 is 0 Å². The molecule has 18 heavy (non-hydrogen) atoms. The van der Waals surface area contributed by atoms with Crippen molar-refractivity contribution in [3.63, 3.8) is 0 Å². The highest BCUT2D eigenvalue weighted by Crippen LogP contribution is 2.20. The number of rotatable bonds is 7. The van der Waals surface area contributed by atoms with Gasteiger partial charge in [-0.25, -0.2) is 4.98 Å². The first-order valence-electron chi connectivity index (χ1n) is 6.90. The summed E-state index contributed by atoms with van der Waals surface area (Å²) < 4.78 is 2.07. The molecule has 1 atom stereocenters. The van der Waals surface area contributed by atoms with E-state index in [2.05, 4.69) is 42.1 Å². The molecule has 0 saturated carbocycles. The third-order valence-electron chi connectivity index (χ3n) is 4.09. The zero-order valence-corrected chi connectivity index (χ0v) is 12.5. The highest BCUT2D eigenvalue weighted by molar-refractivity contribution is 4.96. The average Bonchev–Trinajstić information content (AvgIpc) is 2.73. The summed E-state index contributed by atoms with van der Waals surface area (Å²) in [6, 6.07) is 0.161. The van der Waals surface area contributed by atoms with Crippen molar-refractivity contribution in [2.24, 2.45) is 12.8 Å². The summed E-state index contributed by atoms with van der Waals surface area (Å²) in [4.78, 5) is 6.78. The van der Waals surface area contributed by atoms with Gasteiger partial charge in [0.15, 0.2) is 0 Å². The monoisotopic (exact) mass is 252 g/mol. The second-order valence-corrected chi connectivity index (χ2v) is 5.43. The van der Waals surface area contributed by atoms with Gasteiger partial charge >= 0.3 is 0 Å². The molecule has 0 bridgehead atoms. The Bertz CT molecular complexity index is 352. The predicted octanol–water partition coefficient (Wildman–Crippen LogP) is 1.80. The molecular formula is C14H28N4. The van der Waals surface area contributed by atoms with Gasteiger partial charge < -0.3 is 10.3 Å². The molecule has 0 radical (unpaired) electrons. The Morgan fingerprint density at radius 1 is 1.39 bits per heavy atom. The van der Waals surface area contributed by atoms with E-state index in [1.54, 1.807) is 0 Å². The maximum atomic E-state index is 6.39. The number of imidazole rings is 1. The largest absolute Gasteiger partial charge is 0.338 e. The molecule has 0 aliphatic heterocycles. The first-order valence-corrected chi connectivity index (χ1v) is 6.90. The van der Waals surface area contributed by atoms with E-state index in [0.717, 1.165) is 31.8 Å². The van der Waals surface area contributed by atoms with Crippen molar-refractivity contribution in [1.29, 1.82) is 0 Å². The maximum absolute atomic E-state index is 6.39. The maximum Gasteiger partial charge on any atom is 0.108 e. The Morgan fingerprint density at radius 2 is 2.00 bits per heavy atom. The summed E-state index contributed by atoms with van der Waals surface area (Å²) in [5, 5.41) is 0. The highest BCUT2D eigenvalue weighted by atomic mass is 15.2. The molecule has 0 spiro atoms. The minimum absolute atomic E-state index is 0.0364. The van der Waals surface area contributed by atoms with Crippen LogP contribution in [0.3, 0.4) is 0 Å². The van der Waals surface area contributed by atoms with Gasteiger partial charge in [-0.1, -0.05) is 13.8 Å². The number of nitrogens with zero attached hydrogens (tertiary/aromatic N) is 3. The van der Waals surface area contributed by atoms with Gasteiger partial charge in [-0.05, 0) is 33.4 Å². The lowest BCUT2D eigenvalue weighted by Crippen LogP contribution is -2.56. The van der Waals surface area contributed by atoms with Gasteiger partial charge in [-0.3, -0.25) is 4.90 Å². The van der Waals surface area contributed by atoms with Gasteiger partial charge in [0.1, 0.15) is 5.82 Å². The second-order valence-electron chi connectivity index (χ2n) is 5.43. The third kappa shape index (κ3) is 3.33. The minimum atomic E-state index is 0.0364. The molecule has 2 N–H and O–H groups in total. The Hall–Kier alpha value is -0.870. The van der Waals surface area contributed by atoms with Crippen LogP contribution in [0.5, 0.6) is 0 Å². The van der Waals surface area contributed by atoms with Crippen LogP contribution in [0.15, 0.2) is 12.4 Å². The van der Waals surface area contributed by atoms with Crippen molar-refractivity contribution >= 4 is 0 Å². The highest BCUT2D eigenvalue weighted by Gasteiger charge is 2.31. The van der Waals surface area contributed by atoms with Crippen LogP contribution in [-0.4, -0.2) is 39.1 Å². The van der Waals surface area contributed by atoms with E-state index in [4.69, 9.17) is 5.73 Å². The summed E-state index contributed by atoms with van der Waals surface area (Å²) in [7, 11) is 2.03. The third-order valence-corrected chi connectivity index (χ3v) is 4.09. The molecule has 0 aliphatic rings. The fraction of sp³-hybridized carbons (Fsp3) is 0.786. The van der Waals surface area contributed by atoms with Crippen LogP contribution in [0.1, 0.15) is 39.9 Å². The number of hydrogen-bond acceptors (Lipinski definition) is 3. The number of hydrogen-bond donors (Lipinski definition) is 1. The molecule has 4 heteroatoms. The Kier molecular flexibility index (Phi) is 5.35. The first kappa shape index (κ1) is 15.2. The lowest BCUT2D eigenvalue weighted by molar-refractivity contribution is 0.103. The minimum Gasteiger partial charge on any atom is -0.338 e. The molecule has 0 saturated heterocycles. The predicted molar refractivity (Wildman–Crippen MR) is 76.5 cm³/mol. The molecule has 0 fully saturated rings. The zero-order valence-electron chi connectivity index (χ0n) is 12.5. The van der Waals surface area contributed by atoms with Gasteiger partial charge in [0.05, 0.1) is 0 Å². The van der Waals surface area contributed by atoms with E-state index in [0.29, 0.717) is 0 Å². The number of aryl methyl sites for hydroxylation is 2. The van der Waals surface area contributed by atoms with Gasteiger partial charge in [-0.15, -0.1) is 0 Å². The quantitative estimate of drug-likeness (QED) is 0.805. The lowest BCUT2D eigenvalue weighted by atomic mass is 9.89. The Morgan fingerprint density at radius 3 is 2.44 bits per heavy atom. The first-order chi connectivity index (χ1) is 8.43. The standard InChI is InChI=1S/C14H28N4/c1-6-18(7-2)14(3,4)12(15)8-9-13-16-10-11-17(13)5/h10-12H,6-9,15H2,1-5H3. The Labute approximate surface area is 111 Å². The molecular weight excluding hydrogens is 224 g/mol. The summed E-state index contributed by atoms with van der Waals surface area (Å²) >= 11 is 0. The molecule has 104 valence electrons. The van der Waals surface area contributed by atoms with E-state index in [1.165, 1.54) is 0 Å². The van der Waals surface area contributed by atoms with E-state index in [9.17, 15) is 0 Å². The summed E-state index contributed by atoms with van der Waals surface area (Å²) in [6.45, 7) is 10.9. The van der Waals surface area contributed by atoms with E-state index < -0.39 is 0 Å². The molecule has 4 nitrogen and oxygen atoms in total. The normalized spacial score (nSPS) is 14.2. The van der Waals surface area contributed by atoms with Gasteiger partial charge in [0, 0.05) is 37.4 Å². The molecule has 0 aliphatic carbocycles.